The van der Waals surface area contributed by atoms with Crippen LogP contribution in [0.1, 0.15) is 18.5 Å². The molecule has 1 fully saturated rings. The number of imidazole rings is 1. The van der Waals surface area contributed by atoms with Crippen LogP contribution in [0.5, 0.6) is 0 Å². The Kier molecular flexibility index (Phi) is 3.78. The average molecular weight is 312 g/mol. The summed E-state index contributed by atoms with van der Waals surface area (Å²) in [7, 11) is 0. The third-order valence-electron chi connectivity index (χ3n) is 3.35. The lowest BCUT2D eigenvalue weighted by atomic mass is 10.1. The fourth-order valence-electron chi connectivity index (χ4n) is 2.34. The monoisotopic (exact) mass is 311 g/mol. The van der Waals surface area contributed by atoms with Gasteiger partial charge in [0, 0.05) is 30.7 Å². The number of nitrogens with zero attached hydrogens (tertiary/aromatic N) is 3. The molecule has 1 aliphatic heterocycles. The third kappa shape index (κ3) is 2.59. The second-order valence-corrected chi connectivity index (χ2v) is 5.99. The lowest BCUT2D eigenvalue weighted by Crippen LogP contribution is -2.41. The molecule has 1 amide bonds. The van der Waals surface area contributed by atoms with Crippen molar-refractivity contribution in [3.05, 3.63) is 28.5 Å². The van der Waals surface area contributed by atoms with Crippen molar-refractivity contribution in [1.29, 1.82) is 0 Å². The van der Waals surface area contributed by atoms with Gasteiger partial charge in [0.2, 0.25) is 5.91 Å². The molecule has 1 N–H and O–H groups in total. The van der Waals surface area contributed by atoms with E-state index in [1.165, 1.54) is 17.4 Å². The topological polar surface area (TPSA) is 57.8 Å². The van der Waals surface area contributed by atoms with E-state index in [0.717, 1.165) is 17.8 Å². The number of rotatable bonds is 2. The highest BCUT2D eigenvalue weighted by Gasteiger charge is 2.20. The summed E-state index contributed by atoms with van der Waals surface area (Å²) in [6.07, 6.45) is 6.22. The van der Waals surface area contributed by atoms with Crippen LogP contribution in [0.4, 0.5) is 0 Å². The summed E-state index contributed by atoms with van der Waals surface area (Å²) < 4.78 is 1.85. The number of amides is 1. The molecule has 2 aromatic rings. The first-order valence-electron chi connectivity index (χ1n) is 6.41. The highest BCUT2D eigenvalue weighted by molar-refractivity contribution is 7.15. The van der Waals surface area contributed by atoms with Gasteiger partial charge in [-0.2, -0.15) is 0 Å². The molecule has 0 bridgehead atoms. The highest BCUT2D eigenvalue weighted by atomic mass is 35.5. The van der Waals surface area contributed by atoms with Crippen LogP contribution in [-0.2, 0) is 4.79 Å². The maximum atomic E-state index is 12.1. The van der Waals surface area contributed by atoms with Gasteiger partial charge in [0.25, 0.3) is 0 Å². The summed E-state index contributed by atoms with van der Waals surface area (Å²) in [6.45, 7) is 1.09. The van der Waals surface area contributed by atoms with E-state index in [1.807, 2.05) is 16.0 Å². The van der Waals surface area contributed by atoms with Gasteiger partial charge in [0.05, 0.1) is 11.8 Å². The fraction of sp³-hybridized carbons (Fsp3) is 0.385. The van der Waals surface area contributed by atoms with Crippen molar-refractivity contribution in [2.75, 3.05) is 13.1 Å². The number of likely N-dealkylation sites (tertiary alicyclic amines) is 1. The molecule has 3 heterocycles. The first-order chi connectivity index (χ1) is 9.65. The predicted octanol–water partition coefficient (Wildman–Crippen LogP) is 2.05. The summed E-state index contributed by atoms with van der Waals surface area (Å²) in [4.78, 5) is 18.7. The first-order valence-corrected chi connectivity index (χ1v) is 7.67. The first kappa shape index (κ1) is 13.6. The zero-order valence-electron chi connectivity index (χ0n) is 10.7. The Labute approximate surface area is 125 Å². The van der Waals surface area contributed by atoms with Gasteiger partial charge in [-0.05, 0) is 18.9 Å². The van der Waals surface area contributed by atoms with Crippen molar-refractivity contribution in [2.24, 2.45) is 0 Å². The van der Waals surface area contributed by atoms with Gasteiger partial charge < -0.3 is 10.0 Å². The van der Waals surface area contributed by atoms with Gasteiger partial charge in [-0.3, -0.25) is 9.20 Å². The van der Waals surface area contributed by atoms with E-state index < -0.39 is 6.10 Å². The number of aliphatic hydroxyl groups is 1. The molecule has 1 aliphatic rings. The third-order valence-corrected chi connectivity index (χ3v) is 4.38. The Hall–Kier alpha value is -1.37. The maximum Gasteiger partial charge on any atom is 0.246 e. The molecule has 0 unspecified atom stereocenters. The SMILES string of the molecule is O=C(/C=C/c1c(Cl)nc2sccn12)N1CCC[C@H](O)C1. The van der Waals surface area contributed by atoms with Crippen molar-refractivity contribution >= 4 is 39.9 Å². The average Bonchev–Trinajstić information content (AvgIpc) is 2.97. The number of fused-ring (bicyclic) bond motifs is 1. The molecule has 1 saturated heterocycles. The van der Waals surface area contributed by atoms with Crippen molar-refractivity contribution in [3.8, 4) is 0 Å². The number of halogens is 1. The molecule has 0 aliphatic carbocycles. The maximum absolute atomic E-state index is 12.1. The van der Waals surface area contributed by atoms with Gasteiger partial charge in [-0.15, -0.1) is 11.3 Å². The Bertz CT molecular complexity index is 664. The van der Waals surface area contributed by atoms with Crippen LogP contribution >= 0.6 is 22.9 Å². The Morgan fingerprint density at radius 2 is 2.45 bits per heavy atom. The largest absolute Gasteiger partial charge is 0.391 e. The van der Waals surface area contributed by atoms with E-state index in [4.69, 9.17) is 11.6 Å². The Morgan fingerprint density at radius 1 is 1.60 bits per heavy atom. The van der Waals surface area contributed by atoms with Crippen LogP contribution in [0.25, 0.3) is 11.0 Å². The number of β-amino-alcohol motifs (C(OH)–C–C–N with tert-alkyl or cyclic N) is 1. The van der Waals surface area contributed by atoms with Crippen molar-refractivity contribution < 1.29 is 9.90 Å². The molecule has 2 aromatic heterocycles. The predicted molar refractivity (Wildman–Crippen MR) is 78.9 cm³/mol. The van der Waals surface area contributed by atoms with Crippen molar-refractivity contribution in [2.45, 2.75) is 18.9 Å². The minimum absolute atomic E-state index is 0.106. The van der Waals surface area contributed by atoms with Gasteiger partial charge in [0.15, 0.2) is 10.1 Å². The number of thiazole rings is 1. The van der Waals surface area contributed by atoms with Crippen LogP contribution in [0.15, 0.2) is 17.7 Å². The van der Waals surface area contributed by atoms with Crippen molar-refractivity contribution in [3.63, 3.8) is 0 Å². The zero-order chi connectivity index (χ0) is 14.1. The standard InChI is InChI=1S/C13H14ClN3O2S/c14-12-10(17-6-7-20-13(17)15-12)3-4-11(19)16-5-1-2-9(18)8-16/h3-4,6-7,9,18H,1-2,5,8H2/b4-3+/t9-/m0/s1. The molecule has 20 heavy (non-hydrogen) atoms. The van der Waals surface area contributed by atoms with Gasteiger partial charge in [-0.1, -0.05) is 11.6 Å². The number of aliphatic hydroxyl groups excluding tert-OH is 1. The second-order valence-electron chi connectivity index (χ2n) is 4.76. The number of carbonyl (C=O) groups is 1. The number of hydrogen-bond acceptors (Lipinski definition) is 4. The summed E-state index contributed by atoms with van der Waals surface area (Å²) in [5.74, 6) is -0.106. The molecule has 5 nitrogen and oxygen atoms in total. The van der Waals surface area contributed by atoms with E-state index in [0.29, 0.717) is 23.9 Å². The van der Waals surface area contributed by atoms with E-state index in [9.17, 15) is 9.90 Å². The van der Waals surface area contributed by atoms with Crippen molar-refractivity contribution in [1.82, 2.24) is 14.3 Å². The molecule has 106 valence electrons. The molecule has 1 atom stereocenters. The quantitative estimate of drug-likeness (QED) is 0.864. The normalized spacial score (nSPS) is 20.1. The molecule has 0 radical (unpaired) electrons. The summed E-state index contributed by atoms with van der Waals surface area (Å²) in [6, 6.07) is 0. The summed E-state index contributed by atoms with van der Waals surface area (Å²) in [5.41, 5.74) is 0.703. The van der Waals surface area contributed by atoms with E-state index >= 15 is 0 Å². The van der Waals surface area contributed by atoms with Gasteiger partial charge in [0.1, 0.15) is 0 Å². The summed E-state index contributed by atoms with van der Waals surface area (Å²) in [5, 5.41) is 11.9. The number of aromatic nitrogens is 2. The molecule has 7 heteroatoms. The molecular formula is C13H14ClN3O2S. The molecular weight excluding hydrogens is 298 g/mol. The smallest absolute Gasteiger partial charge is 0.246 e. The molecule has 0 saturated carbocycles. The van der Waals surface area contributed by atoms with Crippen LogP contribution in [0.2, 0.25) is 5.15 Å². The van der Waals surface area contributed by atoms with E-state index in [2.05, 4.69) is 4.98 Å². The number of hydrogen-bond donors (Lipinski definition) is 1. The molecule has 0 aromatic carbocycles. The second kappa shape index (κ2) is 5.55. The molecule has 0 spiro atoms. The lowest BCUT2D eigenvalue weighted by Gasteiger charge is -2.29. The molecule has 3 rings (SSSR count). The Morgan fingerprint density at radius 3 is 3.25 bits per heavy atom. The highest BCUT2D eigenvalue weighted by Crippen LogP contribution is 2.22. The summed E-state index contributed by atoms with van der Waals surface area (Å²) >= 11 is 7.55. The van der Waals surface area contributed by atoms with Crippen LogP contribution < -0.4 is 0 Å². The van der Waals surface area contributed by atoms with Crippen LogP contribution in [0.3, 0.4) is 0 Å². The minimum atomic E-state index is -0.414. The van der Waals surface area contributed by atoms with Gasteiger partial charge >= 0.3 is 0 Å². The van der Waals surface area contributed by atoms with E-state index in [1.54, 1.807) is 11.0 Å². The lowest BCUT2D eigenvalue weighted by molar-refractivity contribution is -0.128. The minimum Gasteiger partial charge on any atom is -0.391 e. The number of piperidine rings is 1. The zero-order valence-corrected chi connectivity index (χ0v) is 12.3. The number of carbonyl (C=O) groups excluding carboxylic acids is 1. The van der Waals surface area contributed by atoms with E-state index in [-0.39, 0.29) is 5.91 Å². The van der Waals surface area contributed by atoms with Crippen LogP contribution in [-0.4, -0.2) is 44.5 Å². The van der Waals surface area contributed by atoms with Crippen LogP contribution in [0, 0.1) is 0 Å². The fourth-order valence-corrected chi connectivity index (χ4v) is 3.34. The Balaban J connectivity index is 1.78. The van der Waals surface area contributed by atoms with Gasteiger partial charge in [-0.25, -0.2) is 4.98 Å².